The van der Waals surface area contributed by atoms with Crippen molar-refractivity contribution in [3.8, 4) is 0 Å². The molecule has 0 aromatic heterocycles. The zero-order valence-corrected chi connectivity index (χ0v) is 22.7. The first-order chi connectivity index (χ1) is 11.8. The van der Waals surface area contributed by atoms with Gasteiger partial charge in [-0.15, -0.1) is 0 Å². The van der Waals surface area contributed by atoms with E-state index in [4.69, 9.17) is 21.4 Å². The van der Waals surface area contributed by atoms with Gasteiger partial charge >= 0.3 is 171 Å². The summed E-state index contributed by atoms with van der Waals surface area (Å²) in [6, 6.07) is 9.84. The number of ether oxygens (including phenoxy) is 1. The van der Waals surface area contributed by atoms with Gasteiger partial charge in [-0.3, -0.25) is 0 Å². The van der Waals surface area contributed by atoms with Gasteiger partial charge in [-0.05, 0) is 0 Å². The SMILES string of the molecule is C[Si+](CCC=CCCOC(C)(C)C)[C]1([Tl]([Cl])[Cl])C=Cc2ccccc21. The first kappa shape index (κ1) is 21.7. The van der Waals surface area contributed by atoms with Gasteiger partial charge in [0.25, 0.3) is 0 Å². The molecule has 0 bridgehead atoms. The van der Waals surface area contributed by atoms with E-state index in [-0.39, 0.29) is 8.20 Å². The van der Waals surface area contributed by atoms with Crippen LogP contribution in [0.2, 0.25) is 12.6 Å². The number of rotatable bonds is 8. The summed E-state index contributed by atoms with van der Waals surface area (Å²) in [6.45, 7) is 9.47. The van der Waals surface area contributed by atoms with Crippen molar-refractivity contribution < 1.29 is 4.74 Å². The van der Waals surface area contributed by atoms with E-state index < -0.39 is 29.1 Å². The van der Waals surface area contributed by atoms with Gasteiger partial charge in [0.05, 0.1) is 0 Å². The molecular formula is C20H28Cl2OSiTl+. The van der Waals surface area contributed by atoms with Crippen LogP contribution in [-0.4, -0.2) is 41.3 Å². The summed E-state index contributed by atoms with van der Waals surface area (Å²) in [4.78, 5) is 0. The molecule has 1 aliphatic carbocycles. The number of fused-ring (bicyclic) bond motifs is 1. The van der Waals surface area contributed by atoms with Crippen molar-refractivity contribution in [2.24, 2.45) is 0 Å². The molecular weight excluding hydrogens is 560 g/mol. The first-order valence-electron chi connectivity index (χ1n) is 8.96. The van der Waals surface area contributed by atoms with E-state index in [1.54, 1.807) is 0 Å². The number of halogens is 2. The van der Waals surface area contributed by atoms with E-state index in [9.17, 15) is 0 Å². The van der Waals surface area contributed by atoms with Crippen LogP contribution < -0.4 is 0 Å². The zero-order chi connectivity index (χ0) is 18.5. The summed E-state index contributed by atoms with van der Waals surface area (Å²) in [6.07, 6.45) is 11.2. The molecule has 0 N–H and O–H groups in total. The second kappa shape index (κ2) is 9.54. The fraction of sp³-hybridized carbons (Fsp3) is 0.500. The van der Waals surface area contributed by atoms with Crippen molar-refractivity contribution in [3.63, 3.8) is 0 Å². The molecule has 1 atom stereocenters. The third kappa shape index (κ3) is 5.68. The average Bonchev–Trinajstić information content (AvgIpc) is 2.93. The van der Waals surface area contributed by atoms with Gasteiger partial charge in [-0.25, -0.2) is 0 Å². The van der Waals surface area contributed by atoms with Crippen LogP contribution in [-0.2, 0) is 7.33 Å². The standard InChI is InChI=1S/C20H28OSi.2ClH.Tl/c1-20(2,3)21-15-9-5-6-10-16-22(4)19-14-13-17-11-7-8-12-18(17)19;;;/h5-8,11-14H,9-10,15-16H2,1-4H3;2*1H;/q+1;;;+2/p-2. The molecule has 25 heavy (non-hydrogen) atoms. The number of hydrogen-bond acceptors (Lipinski definition) is 1. The van der Waals surface area contributed by atoms with E-state index in [1.807, 2.05) is 0 Å². The van der Waals surface area contributed by atoms with Gasteiger partial charge in [0.1, 0.15) is 0 Å². The average molecular weight is 588 g/mol. The van der Waals surface area contributed by atoms with Gasteiger partial charge < -0.3 is 0 Å². The van der Waals surface area contributed by atoms with Crippen LogP contribution >= 0.6 is 16.6 Å². The second-order valence-corrected chi connectivity index (χ2v) is 28.3. The summed E-state index contributed by atoms with van der Waals surface area (Å²) in [5.74, 6) is 0. The molecule has 0 spiro atoms. The molecule has 0 radical (unpaired) electrons. The van der Waals surface area contributed by atoms with Crippen LogP contribution in [0.5, 0.6) is 0 Å². The fourth-order valence-corrected chi connectivity index (χ4v) is 27.7. The van der Waals surface area contributed by atoms with Gasteiger partial charge in [-0.2, -0.15) is 0 Å². The van der Waals surface area contributed by atoms with Gasteiger partial charge in [0.15, 0.2) is 0 Å². The predicted molar refractivity (Wildman–Crippen MR) is 115 cm³/mol. The summed E-state index contributed by atoms with van der Waals surface area (Å²) in [7, 11) is 12.7. The van der Waals surface area contributed by atoms with Crippen molar-refractivity contribution >= 4 is 51.8 Å². The molecule has 1 aliphatic rings. The molecule has 1 aromatic rings. The minimum absolute atomic E-state index is 0.0353. The van der Waals surface area contributed by atoms with Crippen molar-refractivity contribution in [1.82, 2.24) is 0 Å². The molecule has 1 nitrogen and oxygen atoms in total. The molecule has 1 aromatic carbocycles. The van der Waals surface area contributed by atoms with E-state index in [0.29, 0.717) is 0 Å². The Morgan fingerprint density at radius 1 is 1.16 bits per heavy atom. The molecule has 0 heterocycles. The molecule has 0 amide bonds. The molecule has 5 heteroatoms. The molecule has 0 fully saturated rings. The maximum absolute atomic E-state index is 6.71. The van der Waals surface area contributed by atoms with Crippen LogP contribution in [0.3, 0.4) is 0 Å². The van der Waals surface area contributed by atoms with E-state index in [0.717, 1.165) is 19.4 Å². The van der Waals surface area contributed by atoms with Crippen molar-refractivity contribution in [3.05, 3.63) is 53.6 Å². The van der Waals surface area contributed by atoms with E-state index >= 15 is 0 Å². The van der Waals surface area contributed by atoms with Crippen LogP contribution in [0.15, 0.2) is 42.5 Å². The Morgan fingerprint density at radius 3 is 2.52 bits per heavy atom. The molecule has 0 aliphatic heterocycles. The molecule has 0 saturated carbocycles. The normalized spacial score (nSPS) is 19.4. The summed E-state index contributed by atoms with van der Waals surface area (Å²) >= 11 is -2.77. The van der Waals surface area contributed by atoms with Gasteiger partial charge in [0, 0.05) is 0 Å². The van der Waals surface area contributed by atoms with Crippen molar-refractivity contribution in [2.75, 3.05) is 6.61 Å². The molecule has 0 saturated heterocycles. The quantitative estimate of drug-likeness (QED) is 0.198. The maximum atomic E-state index is 6.71. The monoisotopic (exact) mass is 587 g/mol. The Balaban J connectivity index is 1.91. The van der Waals surface area contributed by atoms with E-state index in [1.165, 1.54) is 17.2 Å². The Kier molecular flexibility index (Phi) is 8.27. The second-order valence-electron chi connectivity index (χ2n) is 7.63. The minimum atomic E-state index is -2.77. The van der Waals surface area contributed by atoms with Crippen LogP contribution in [0, 0.1) is 0 Å². The Hall–Kier alpha value is 0.379. The Morgan fingerprint density at radius 2 is 1.84 bits per heavy atom. The molecule has 134 valence electrons. The third-order valence-corrected chi connectivity index (χ3v) is 29.7. The Labute approximate surface area is 170 Å². The topological polar surface area (TPSA) is 9.23 Å². The fourth-order valence-electron chi connectivity index (χ4n) is 3.25. The van der Waals surface area contributed by atoms with Crippen molar-refractivity contribution in [1.29, 1.82) is 0 Å². The van der Waals surface area contributed by atoms with Gasteiger partial charge in [0.2, 0.25) is 0 Å². The Bertz CT molecular complexity index is 624. The first-order valence-corrected chi connectivity index (χ1v) is 24.5. The van der Waals surface area contributed by atoms with Crippen LogP contribution in [0.4, 0.5) is 0 Å². The van der Waals surface area contributed by atoms with Crippen LogP contribution in [0.25, 0.3) is 6.08 Å². The summed E-state index contributed by atoms with van der Waals surface area (Å²) < 4.78 is 5.78. The number of hydrogen-bond donors (Lipinski definition) is 0. The summed E-state index contributed by atoms with van der Waals surface area (Å²) in [5, 5.41) is 0. The van der Waals surface area contributed by atoms with Gasteiger partial charge in [-0.1, -0.05) is 0 Å². The summed E-state index contributed by atoms with van der Waals surface area (Å²) in [5.41, 5.74) is 2.66. The third-order valence-electron chi connectivity index (χ3n) is 4.65. The predicted octanol–water partition coefficient (Wildman–Crippen LogP) is 6.27. The molecule has 1 unspecified atom stereocenters. The van der Waals surface area contributed by atoms with Crippen molar-refractivity contribution in [2.45, 2.75) is 54.4 Å². The van der Waals surface area contributed by atoms with Crippen LogP contribution in [0.1, 0.15) is 44.7 Å². The number of benzene rings is 1. The zero-order valence-electron chi connectivity index (χ0n) is 15.7. The van der Waals surface area contributed by atoms with E-state index in [2.05, 4.69) is 75.9 Å². The molecule has 2 rings (SSSR count). The number of allylic oxidation sites excluding steroid dienone is 2.